The van der Waals surface area contributed by atoms with Crippen LogP contribution in [0.15, 0.2) is 112 Å². The Morgan fingerprint density at radius 1 is 0.756 bits per heavy atom. The van der Waals surface area contributed by atoms with E-state index in [1.807, 2.05) is 72.8 Å². The third-order valence-electron chi connectivity index (χ3n) is 7.91. The Morgan fingerprint density at radius 2 is 1.37 bits per heavy atom. The van der Waals surface area contributed by atoms with Crippen LogP contribution < -0.4 is 19.8 Å². The molecular formula is C36H35NO4. The van der Waals surface area contributed by atoms with Gasteiger partial charge in [-0.2, -0.15) is 0 Å². The summed E-state index contributed by atoms with van der Waals surface area (Å²) in [5, 5.41) is 0.455. The number of piperidine rings is 1. The van der Waals surface area contributed by atoms with E-state index >= 15 is 0 Å². The van der Waals surface area contributed by atoms with Crippen molar-refractivity contribution in [3.05, 3.63) is 124 Å². The lowest BCUT2D eigenvalue weighted by atomic mass is 9.82. The molecular weight excluding hydrogens is 510 g/mol. The molecule has 1 fully saturated rings. The van der Waals surface area contributed by atoms with Crippen LogP contribution in [0.2, 0.25) is 0 Å². The number of benzene rings is 4. The van der Waals surface area contributed by atoms with Crippen LogP contribution in [0.5, 0.6) is 11.5 Å². The van der Waals surface area contributed by atoms with Crippen molar-refractivity contribution in [1.29, 1.82) is 0 Å². The first-order chi connectivity index (χ1) is 19.9. The number of rotatable bonds is 8. The van der Waals surface area contributed by atoms with Gasteiger partial charge < -0.3 is 18.8 Å². The van der Waals surface area contributed by atoms with Crippen molar-refractivity contribution in [3.63, 3.8) is 0 Å². The summed E-state index contributed by atoms with van der Waals surface area (Å²) in [6.07, 6.45) is 2.35. The topological polar surface area (TPSA) is 51.9 Å². The molecule has 5 aromatic rings. The minimum Gasteiger partial charge on any atom is -0.485 e. The highest BCUT2D eigenvalue weighted by molar-refractivity contribution is 5.86. The first-order valence-electron chi connectivity index (χ1n) is 14.2. The summed E-state index contributed by atoms with van der Waals surface area (Å²) in [6.45, 7) is 7.46. The van der Waals surface area contributed by atoms with Crippen LogP contribution in [-0.2, 0) is 13.2 Å². The number of fused-ring (bicyclic) bond motifs is 1. The lowest BCUT2D eigenvalue weighted by Crippen LogP contribution is -2.37. The van der Waals surface area contributed by atoms with Gasteiger partial charge in [0.2, 0.25) is 5.75 Å². The fourth-order valence-electron chi connectivity index (χ4n) is 5.24. The Labute approximate surface area is 241 Å². The fraction of sp³-hybridized carbons (Fsp3) is 0.250. The van der Waals surface area contributed by atoms with E-state index in [0.29, 0.717) is 46.9 Å². The quantitative estimate of drug-likeness (QED) is 0.197. The Hall–Kier alpha value is -4.51. The molecule has 0 radical (unpaired) electrons. The predicted molar refractivity (Wildman–Crippen MR) is 165 cm³/mol. The summed E-state index contributed by atoms with van der Waals surface area (Å²) in [5.74, 6) is 1.45. The van der Waals surface area contributed by atoms with Gasteiger partial charge in [-0.1, -0.05) is 74.5 Å². The second kappa shape index (κ2) is 11.5. The van der Waals surface area contributed by atoms with Gasteiger partial charge in [-0.3, -0.25) is 4.79 Å². The summed E-state index contributed by atoms with van der Waals surface area (Å²) < 4.78 is 19.0. The molecule has 0 bridgehead atoms. The lowest BCUT2D eigenvalue weighted by Gasteiger charge is -2.38. The van der Waals surface area contributed by atoms with Gasteiger partial charge >= 0.3 is 0 Å². The highest BCUT2D eigenvalue weighted by Gasteiger charge is 2.25. The van der Waals surface area contributed by atoms with Gasteiger partial charge in [0.05, 0.1) is 5.39 Å². The van der Waals surface area contributed by atoms with Crippen LogP contribution >= 0.6 is 0 Å². The molecule has 1 aromatic heterocycles. The maximum absolute atomic E-state index is 13.3. The van der Waals surface area contributed by atoms with Crippen molar-refractivity contribution >= 4 is 16.7 Å². The second-order valence-corrected chi connectivity index (χ2v) is 11.5. The van der Waals surface area contributed by atoms with E-state index in [-0.39, 0.29) is 5.43 Å². The first kappa shape index (κ1) is 26.7. The van der Waals surface area contributed by atoms with E-state index in [0.717, 1.165) is 29.8 Å². The second-order valence-electron chi connectivity index (χ2n) is 11.5. The van der Waals surface area contributed by atoms with Gasteiger partial charge in [-0.05, 0) is 65.8 Å². The number of ether oxygens (including phenoxy) is 2. The summed E-state index contributed by atoms with van der Waals surface area (Å²) in [4.78, 5) is 15.7. The van der Waals surface area contributed by atoms with E-state index in [9.17, 15) is 4.79 Å². The minimum absolute atomic E-state index is 0.122. The monoisotopic (exact) mass is 545 g/mol. The maximum atomic E-state index is 13.3. The molecule has 6 rings (SSSR count). The molecule has 0 amide bonds. The molecule has 0 spiro atoms. The molecule has 1 aliphatic heterocycles. The Morgan fingerprint density at radius 3 is 2.00 bits per heavy atom. The van der Waals surface area contributed by atoms with Gasteiger partial charge in [-0.15, -0.1) is 0 Å². The normalized spacial score (nSPS) is 14.6. The third kappa shape index (κ3) is 6.14. The smallest absolute Gasteiger partial charge is 0.205 e. The standard InChI is InChI=1S/C36H35NO4/c1-36(2)19-21-37(22-20-36)29-15-13-28(14-16-29)33-23-31(38)30-17-18-32(39-24-26-9-5-3-6-10-26)35(34(30)41-33)40-25-27-11-7-4-8-12-27/h3-18,23H,19-22,24-25H2,1-2H3. The highest BCUT2D eigenvalue weighted by Crippen LogP contribution is 2.38. The van der Waals surface area contributed by atoms with E-state index in [4.69, 9.17) is 13.9 Å². The molecule has 41 heavy (non-hydrogen) atoms. The zero-order valence-electron chi connectivity index (χ0n) is 23.6. The Bertz CT molecular complexity index is 1670. The van der Waals surface area contributed by atoms with Crippen LogP contribution in [0, 0.1) is 5.41 Å². The van der Waals surface area contributed by atoms with Crippen molar-refractivity contribution in [2.45, 2.75) is 39.9 Å². The molecule has 0 aliphatic carbocycles. The van der Waals surface area contributed by atoms with E-state index < -0.39 is 0 Å². The molecule has 4 aromatic carbocycles. The largest absolute Gasteiger partial charge is 0.485 e. The summed E-state index contributed by atoms with van der Waals surface area (Å²) in [5.41, 5.74) is 4.74. The van der Waals surface area contributed by atoms with Gasteiger partial charge in [-0.25, -0.2) is 0 Å². The average molecular weight is 546 g/mol. The van der Waals surface area contributed by atoms with Crippen LogP contribution in [0.4, 0.5) is 5.69 Å². The van der Waals surface area contributed by atoms with Gasteiger partial charge in [0.15, 0.2) is 16.8 Å². The van der Waals surface area contributed by atoms with E-state index in [1.165, 1.54) is 18.5 Å². The molecule has 0 saturated carbocycles. The molecule has 0 N–H and O–H groups in total. The number of nitrogens with zero attached hydrogens (tertiary/aromatic N) is 1. The van der Waals surface area contributed by atoms with Crippen molar-refractivity contribution in [3.8, 4) is 22.8 Å². The average Bonchev–Trinajstić information content (AvgIpc) is 3.00. The molecule has 0 unspecified atom stereocenters. The number of hydrogen-bond donors (Lipinski definition) is 0. The van der Waals surface area contributed by atoms with E-state index in [2.05, 4.69) is 30.9 Å². The SMILES string of the molecule is CC1(C)CCN(c2ccc(-c3cc(=O)c4ccc(OCc5ccccc5)c(OCc5ccccc5)c4o3)cc2)CC1. The molecule has 5 heteroatoms. The molecule has 1 saturated heterocycles. The Balaban J connectivity index is 1.34. The summed E-state index contributed by atoms with van der Waals surface area (Å²) in [6, 6.07) is 33.3. The van der Waals surface area contributed by atoms with E-state index in [1.54, 1.807) is 18.2 Å². The van der Waals surface area contributed by atoms with Crippen molar-refractivity contribution in [2.24, 2.45) is 5.41 Å². The highest BCUT2D eigenvalue weighted by atomic mass is 16.5. The van der Waals surface area contributed by atoms with Crippen LogP contribution in [0.1, 0.15) is 37.8 Å². The molecule has 0 atom stereocenters. The molecule has 208 valence electrons. The van der Waals surface area contributed by atoms with Crippen LogP contribution in [0.25, 0.3) is 22.3 Å². The summed E-state index contributed by atoms with van der Waals surface area (Å²) in [7, 11) is 0. The lowest BCUT2D eigenvalue weighted by molar-refractivity contribution is 0.256. The van der Waals surface area contributed by atoms with Crippen molar-refractivity contribution < 1.29 is 13.9 Å². The van der Waals surface area contributed by atoms with Crippen molar-refractivity contribution in [1.82, 2.24) is 0 Å². The third-order valence-corrected chi connectivity index (χ3v) is 7.91. The Kier molecular flexibility index (Phi) is 7.51. The van der Waals surface area contributed by atoms with Gasteiger partial charge in [0.1, 0.15) is 19.0 Å². The van der Waals surface area contributed by atoms with Crippen molar-refractivity contribution in [2.75, 3.05) is 18.0 Å². The minimum atomic E-state index is -0.122. The fourth-order valence-corrected chi connectivity index (χ4v) is 5.24. The van der Waals surface area contributed by atoms with Crippen LogP contribution in [-0.4, -0.2) is 13.1 Å². The molecule has 2 heterocycles. The van der Waals surface area contributed by atoms with Gasteiger partial charge in [0.25, 0.3) is 0 Å². The number of anilines is 1. The molecule has 1 aliphatic rings. The predicted octanol–water partition coefficient (Wildman–Crippen LogP) is 8.24. The molecule has 5 nitrogen and oxygen atoms in total. The zero-order valence-corrected chi connectivity index (χ0v) is 23.6. The van der Waals surface area contributed by atoms with Crippen LogP contribution in [0.3, 0.4) is 0 Å². The maximum Gasteiger partial charge on any atom is 0.205 e. The van der Waals surface area contributed by atoms with Gasteiger partial charge in [0, 0.05) is 30.4 Å². The number of hydrogen-bond acceptors (Lipinski definition) is 5. The summed E-state index contributed by atoms with van der Waals surface area (Å²) >= 11 is 0. The first-order valence-corrected chi connectivity index (χ1v) is 14.2. The zero-order chi connectivity index (χ0) is 28.2.